The summed E-state index contributed by atoms with van der Waals surface area (Å²) in [4.78, 5) is 25.5. The van der Waals surface area contributed by atoms with Crippen LogP contribution >= 0.6 is 0 Å². The minimum Gasteiger partial charge on any atom is -0.465 e. The molecule has 2 aromatic rings. The van der Waals surface area contributed by atoms with E-state index in [-0.39, 0.29) is 13.0 Å². The molecule has 1 aliphatic rings. The van der Waals surface area contributed by atoms with Crippen molar-refractivity contribution in [3.8, 4) is 6.07 Å². The Bertz CT molecular complexity index is 859. The molecule has 5 heteroatoms. The average molecular weight is 363 g/mol. The molecule has 0 saturated heterocycles. The lowest BCUT2D eigenvalue weighted by Crippen LogP contribution is -2.51. The number of nitriles is 1. The number of ketones is 1. The second-order valence-corrected chi connectivity index (χ2v) is 6.71. The largest absolute Gasteiger partial charge is 0.465 e. The predicted molar refractivity (Wildman–Crippen MR) is 98.4 cm³/mol. The lowest BCUT2D eigenvalue weighted by molar-refractivity contribution is -0.161. The van der Waals surface area contributed by atoms with Crippen molar-refractivity contribution in [2.75, 3.05) is 6.61 Å². The number of carbonyl (C=O) groups excluding carboxylic acids is 2. The van der Waals surface area contributed by atoms with Crippen LogP contribution in [0, 0.1) is 23.2 Å². The van der Waals surface area contributed by atoms with Crippen LogP contribution in [-0.4, -0.2) is 23.5 Å². The Morgan fingerprint density at radius 1 is 1.19 bits per heavy atom. The average Bonchev–Trinajstić information content (AvgIpc) is 2.69. The van der Waals surface area contributed by atoms with Gasteiger partial charge in [-0.2, -0.15) is 5.26 Å². The molecule has 4 unspecified atom stereocenters. The third-order valence-corrected chi connectivity index (χ3v) is 5.16. The van der Waals surface area contributed by atoms with Gasteiger partial charge < -0.3 is 9.84 Å². The first kappa shape index (κ1) is 18.8. The summed E-state index contributed by atoms with van der Waals surface area (Å²) in [5, 5.41) is 21.4. The molecule has 27 heavy (non-hydrogen) atoms. The van der Waals surface area contributed by atoms with Crippen LogP contribution in [-0.2, 0) is 19.9 Å². The van der Waals surface area contributed by atoms with E-state index in [1.165, 1.54) is 0 Å². The second kappa shape index (κ2) is 7.73. The Labute approximate surface area is 158 Å². The SMILES string of the molecule is CCOC(=O)C1C(=O)CC(O)(c2ccccc2)C(C#N)C1c1ccccc1. The second-order valence-electron chi connectivity index (χ2n) is 6.71. The van der Waals surface area contributed by atoms with Crippen molar-refractivity contribution in [3.05, 3.63) is 71.8 Å². The minimum absolute atomic E-state index is 0.143. The minimum atomic E-state index is -1.67. The molecule has 0 aromatic heterocycles. The third kappa shape index (κ3) is 3.36. The van der Waals surface area contributed by atoms with Gasteiger partial charge in [-0.1, -0.05) is 60.7 Å². The highest BCUT2D eigenvalue weighted by Gasteiger charge is 2.56. The number of hydrogen-bond acceptors (Lipinski definition) is 5. The predicted octanol–water partition coefficient (Wildman–Crippen LogP) is 2.95. The van der Waals surface area contributed by atoms with Crippen LogP contribution in [0.1, 0.15) is 30.4 Å². The Morgan fingerprint density at radius 3 is 2.33 bits per heavy atom. The molecule has 1 fully saturated rings. The summed E-state index contributed by atoms with van der Waals surface area (Å²) in [5.41, 5.74) is -0.519. The summed E-state index contributed by atoms with van der Waals surface area (Å²) in [7, 11) is 0. The summed E-state index contributed by atoms with van der Waals surface area (Å²) in [6.07, 6.45) is -0.304. The number of ether oxygens (including phenoxy) is 1. The van der Waals surface area contributed by atoms with Crippen molar-refractivity contribution in [1.29, 1.82) is 5.26 Å². The Hall–Kier alpha value is -2.97. The van der Waals surface area contributed by atoms with Gasteiger partial charge in [0.15, 0.2) is 5.78 Å². The highest BCUT2D eigenvalue weighted by Crippen LogP contribution is 2.50. The van der Waals surface area contributed by atoms with E-state index in [0.29, 0.717) is 11.1 Å². The fourth-order valence-corrected chi connectivity index (χ4v) is 3.94. The molecule has 4 atom stereocenters. The van der Waals surface area contributed by atoms with Gasteiger partial charge in [0.2, 0.25) is 0 Å². The van der Waals surface area contributed by atoms with E-state index in [4.69, 9.17) is 4.74 Å². The zero-order valence-corrected chi connectivity index (χ0v) is 15.0. The number of rotatable bonds is 4. The Kier molecular flexibility index (Phi) is 5.38. The maximum Gasteiger partial charge on any atom is 0.317 e. The molecule has 0 amide bonds. The van der Waals surface area contributed by atoms with Crippen molar-refractivity contribution in [2.24, 2.45) is 11.8 Å². The maximum atomic E-state index is 13.0. The smallest absolute Gasteiger partial charge is 0.317 e. The van der Waals surface area contributed by atoms with Gasteiger partial charge in [-0.15, -0.1) is 0 Å². The molecule has 0 spiro atoms. The molecule has 5 nitrogen and oxygen atoms in total. The topological polar surface area (TPSA) is 87.4 Å². The number of hydrogen-bond donors (Lipinski definition) is 1. The zero-order valence-electron chi connectivity index (χ0n) is 15.0. The first-order chi connectivity index (χ1) is 13.0. The fraction of sp³-hybridized carbons (Fsp3) is 0.318. The summed E-state index contributed by atoms with van der Waals surface area (Å²) in [6.45, 7) is 1.81. The van der Waals surface area contributed by atoms with Crippen molar-refractivity contribution >= 4 is 11.8 Å². The van der Waals surface area contributed by atoms with Crippen molar-refractivity contribution in [1.82, 2.24) is 0 Å². The number of carbonyl (C=O) groups is 2. The van der Waals surface area contributed by atoms with Crippen LogP contribution in [0.25, 0.3) is 0 Å². The van der Waals surface area contributed by atoms with Crippen LogP contribution in [0.15, 0.2) is 60.7 Å². The van der Waals surface area contributed by atoms with Gasteiger partial charge in [0.1, 0.15) is 11.5 Å². The summed E-state index contributed by atoms with van der Waals surface area (Å²) in [6, 6.07) is 19.8. The van der Waals surface area contributed by atoms with Crippen molar-refractivity contribution in [2.45, 2.75) is 24.9 Å². The monoisotopic (exact) mass is 363 g/mol. The molecule has 1 N–H and O–H groups in total. The van der Waals surface area contributed by atoms with Gasteiger partial charge in [0.05, 0.1) is 18.6 Å². The molecule has 0 radical (unpaired) electrons. The number of aliphatic hydroxyl groups is 1. The summed E-state index contributed by atoms with van der Waals surface area (Å²) >= 11 is 0. The molecular weight excluding hydrogens is 342 g/mol. The number of nitrogens with zero attached hydrogens (tertiary/aromatic N) is 1. The van der Waals surface area contributed by atoms with Crippen molar-refractivity contribution < 1.29 is 19.4 Å². The highest BCUT2D eigenvalue weighted by atomic mass is 16.5. The first-order valence-electron chi connectivity index (χ1n) is 8.94. The number of esters is 1. The molecule has 0 aliphatic heterocycles. The molecule has 1 saturated carbocycles. The number of Topliss-reactive ketones (excluding diaryl/α,β-unsaturated/α-hetero) is 1. The molecule has 1 aliphatic carbocycles. The lowest BCUT2D eigenvalue weighted by Gasteiger charge is -2.44. The van der Waals surface area contributed by atoms with Gasteiger partial charge >= 0.3 is 5.97 Å². The van der Waals surface area contributed by atoms with E-state index in [0.717, 1.165) is 0 Å². The molecule has 0 heterocycles. The molecule has 0 bridgehead atoms. The normalized spacial score (nSPS) is 27.6. The molecular formula is C22H21NO4. The number of benzene rings is 2. The van der Waals surface area contributed by atoms with E-state index in [9.17, 15) is 20.0 Å². The van der Waals surface area contributed by atoms with Gasteiger partial charge in [-0.05, 0) is 18.1 Å². The maximum absolute atomic E-state index is 13.0. The quantitative estimate of drug-likeness (QED) is 0.666. The van der Waals surface area contributed by atoms with Crippen LogP contribution in [0.5, 0.6) is 0 Å². The summed E-state index contributed by atoms with van der Waals surface area (Å²) in [5.74, 6) is -3.94. The van der Waals surface area contributed by atoms with E-state index in [1.807, 2.05) is 6.07 Å². The Morgan fingerprint density at radius 2 is 1.78 bits per heavy atom. The van der Waals surface area contributed by atoms with Gasteiger partial charge in [0.25, 0.3) is 0 Å². The summed E-state index contributed by atoms with van der Waals surface area (Å²) < 4.78 is 5.12. The van der Waals surface area contributed by atoms with Crippen LogP contribution in [0.2, 0.25) is 0 Å². The van der Waals surface area contributed by atoms with Crippen LogP contribution < -0.4 is 0 Å². The van der Waals surface area contributed by atoms with Crippen molar-refractivity contribution in [3.63, 3.8) is 0 Å². The fourth-order valence-electron chi connectivity index (χ4n) is 3.94. The molecule has 138 valence electrons. The van der Waals surface area contributed by atoms with Gasteiger partial charge in [-0.3, -0.25) is 9.59 Å². The molecule has 2 aromatic carbocycles. The van der Waals surface area contributed by atoms with E-state index >= 15 is 0 Å². The lowest BCUT2D eigenvalue weighted by atomic mass is 9.60. The van der Waals surface area contributed by atoms with E-state index in [1.54, 1.807) is 61.5 Å². The molecule has 3 rings (SSSR count). The zero-order chi connectivity index (χ0) is 19.4. The third-order valence-electron chi connectivity index (χ3n) is 5.16. The standard InChI is InChI=1S/C22H21NO4/c1-2-27-21(25)20-18(24)13-22(26,16-11-7-4-8-12-16)17(14-23)19(20)15-9-5-3-6-10-15/h3-12,17,19-20,26H,2,13H2,1H3. The van der Waals surface area contributed by atoms with Gasteiger partial charge in [0, 0.05) is 12.3 Å². The highest BCUT2D eigenvalue weighted by molar-refractivity contribution is 6.01. The first-order valence-corrected chi connectivity index (χ1v) is 8.94. The van der Waals surface area contributed by atoms with Crippen LogP contribution in [0.3, 0.4) is 0 Å². The van der Waals surface area contributed by atoms with Gasteiger partial charge in [-0.25, -0.2) is 0 Å². The Balaban J connectivity index is 2.15. The van der Waals surface area contributed by atoms with E-state index < -0.39 is 35.1 Å². The van der Waals surface area contributed by atoms with Crippen LogP contribution in [0.4, 0.5) is 0 Å². The van der Waals surface area contributed by atoms with E-state index in [2.05, 4.69) is 6.07 Å².